The molecule has 84 valence electrons. The summed E-state index contributed by atoms with van der Waals surface area (Å²) in [7, 11) is 1.38. The maximum atomic E-state index is 11.7. The minimum absolute atomic E-state index is 0.0271. The highest BCUT2D eigenvalue weighted by atomic mass is 16.6. The van der Waals surface area contributed by atoms with E-state index in [4.69, 9.17) is 4.74 Å². The van der Waals surface area contributed by atoms with E-state index in [1.165, 1.54) is 13.2 Å². The van der Waals surface area contributed by atoms with Gasteiger partial charge in [0.2, 0.25) is 0 Å². The lowest BCUT2D eigenvalue weighted by molar-refractivity contribution is -0.386. The first-order chi connectivity index (χ1) is 7.56. The van der Waals surface area contributed by atoms with Gasteiger partial charge in [-0.3, -0.25) is 14.9 Å². The van der Waals surface area contributed by atoms with Crippen LogP contribution in [-0.2, 0) is 6.42 Å². The first-order valence-corrected chi connectivity index (χ1v) is 4.94. The largest absolute Gasteiger partial charge is 0.490 e. The molecular weight excluding hydrogens is 210 g/mol. The van der Waals surface area contributed by atoms with Gasteiger partial charge in [0.1, 0.15) is 0 Å². The van der Waals surface area contributed by atoms with Crippen LogP contribution < -0.4 is 4.74 Å². The van der Waals surface area contributed by atoms with Gasteiger partial charge in [-0.05, 0) is 18.6 Å². The highest BCUT2D eigenvalue weighted by Gasteiger charge is 2.35. The summed E-state index contributed by atoms with van der Waals surface area (Å²) in [4.78, 5) is 22.2. The Morgan fingerprint density at radius 1 is 1.50 bits per heavy atom. The molecule has 0 aromatic heterocycles. The van der Waals surface area contributed by atoms with Gasteiger partial charge in [-0.2, -0.15) is 0 Å². The van der Waals surface area contributed by atoms with Crippen LogP contribution in [0, 0.1) is 16.0 Å². The number of hydrogen-bond donors (Lipinski definition) is 0. The summed E-state index contributed by atoms with van der Waals surface area (Å²) < 4.78 is 4.95. The van der Waals surface area contributed by atoms with E-state index in [9.17, 15) is 14.9 Å². The maximum absolute atomic E-state index is 11.7. The number of nitro benzene ring substituents is 1. The molecule has 1 unspecified atom stereocenters. The Labute approximate surface area is 92.2 Å². The zero-order chi connectivity index (χ0) is 11.9. The lowest BCUT2D eigenvalue weighted by Crippen LogP contribution is -2.02. The van der Waals surface area contributed by atoms with Gasteiger partial charge >= 0.3 is 5.69 Å². The highest BCUT2D eigenvalue weighted by Crippen LogP contribution is 2.39. The molecule has 1 atom stereocenters. The Kier molecular flexibility index (Phi) is 2.38. The summed E-state index contributed by atoms with van der Waals surface area (Å²) in [5, 5.41) is 11.0. The molecular formula is C11H11NO4. The van der Waals surface area contributed by atoms with E-state index >= 15 is 0 Å². The molecule has 1 aliphatic carbocycles. The molecule has 2 rings (SSSR count). The molecule has 1 aromatic rings. The van der Waals surface area contributed by atoms with Gasteiger partial charge in [-0.25, -0.2) is 0 Å². The normalized spacial score (nSPS) is 18.4. The van der Waals surface area contributed by atoms with E-state index in [0.29, 0.717) is 17.5 Å². The molecule has 5 heteroatoms. The van der Waals surface area contributed by atoms with Gasteiger partial charge in [-0.15, -0.1) is 0 Å². The predicted octanol–water partition coefficient (Wildman–Crippen LogP) is 1.98. The quantitative estimate of drug-likeness (QED) is 0.565. The Hall–Kier alpha value is -1.91. The topological polar surface area (TPSA) is 69.4 Å². The van der Waals surface area contributed by atoms with E-state index in [2.05, 4.69) is 0 Å². The van der Waals surface area contributed by atoms with Crippen LogP contribution >= 0.6 is 0 Å². The molecule has 0 N–H and O–H groups in total. The van der Waals surface area contributed by atoms with Gasteiger partial charge in [-0.1, -0.05) is 6.92 Å². The Bertz CT molecular complexity index is 481. The smallest absolute Gasteiger partial charge is 0.314 e. The molecule has 0 fully saturated rings. The average Bonchev–Trinajstić information content (AvgIpc) is 2.53. The molecule has 1 aromatic carbocycles. The van der Waals surface area contributed by atoms with Crippen molar-refractivity contribution >= 4 is 11.5 Å². The molecule has 0 saturated heterocycles. The Balaban J connectivity index is 2.67. The molecule has 16 heavy (non-hydrogen) atoms. The number of benzene rings is 1. The fourth-order valence-electron chi connectivity index (χ4n) is 2.08. The van der Waals surface area contributed by atoms with Crippen molar-refractivity contribution in [3.8, 4) is 5.75 Å². The van der Waals surface area contributed by atoms with Crippen molar-refractivity contribution < 1.29 is 14.5 Å². The fraction of sp³-hybridized carbons (Fsp3) is 0.364. The Morgan fingerprint density at radius 3 is 2.75 bits per heavy atom. The van der Waals surface area contributed by atoms with Crippen molar-refractivity contribution in [3.05, 3.63) is 33.4 Å². The number of rotatable bonds is 2. The third-order valence-electron chi connectivity index (χ3n) is 2.87. The van der Waals surface area contributed by atoms with Crippen LogP contribution in [0.4, 0.5) is 5.69 Å². The van der Waals surface area contributed by atoms with E-state index in [1.54, 1.807) is 13.0 Å². The number of nitro groups is 1. The lowest BCUT2D eigenvalue weighted by Gasteiger charge is -2.04. The van der Waals surface area contributed by atoms with Crippen LogP contribution in [0.1, 0.15) is 22.8 Å². The molecule has 0 aliphatic heterocycles. The molecule has 0 amide bonds. The summed E-state index contributed by atoms with van der Waals surface area (Å²) >= 11 is 0. The summed E-state index contributed by atoms with van der Waals surface area (Å²) in [6.07, 6.45) is 0.418. The predicted molar refractivity (Wildman–Crippen MR) is 56.8 cm³/mol. The number of ether oxygens (including phenoxy) is 1. The van der Waals surface area contributed by atoms with Crippen LogP contribution in [0.15, 0.2) is 12.1 Å². The number of methoxy groups -OCH3 is 1. The van der Waals surface area contributed by atoms with E-state index in [0.717, 1.165) is 0 Å². The first kappa shape index (κ1) is 10.6. The molecule has 0 bridgehead atoms. The fourth-order valence-corrected chi connectivity index (χ4v) is 2.08. The number of nitrogens with zero attached hydrogens (tertiary/aromatic N) is 1. The van der Waals surface area contributed by atoms with Crippen LogP contribution in [0.3, 0.4) is 0 Å². The lowest BCUT2D eigenvalue weighted by atomic mass is 10.1. The molecule has 0 saturated carbocycles. The number of hydrogen-bond acceptors (Lipinski definition) is 4. The van der Waals surface area contributed by atoms with Crippen molar-refractivity contribution in [1.29, 1.82) is 0 Å². The van der Waals surface area contributed by atoms with Gasteiger partial charge < -0.3 is 4.74 Å². The maximum Gasteiger partial charge on any atom is 0.314 e. The molecule has 1 aliphatic rings. The number of ketones is 1. The van der Waals surface area contributed by atoms with Crippen molar-refractivity contribution in [2.24, 2.45) is 5.92 Å². The minimum atomic E-state index is -0.483. The van der Waals surface area contributed by atoms with Crippen molar-refractivity contribution in [2.75, 3.05) is 7.11 Å². The SMILES string of the molecule is COc1ccc2c(c1[N+](=O)[O-])CC(C)C2=O. The standard InChI is InChI=1S/C11H11NO4/c1-6-5-8-7(11(6)13)3-4-9(16-2)10(8)12(14)15/h3-4,6H,5H2,1-2H3. The molecule has 0 spiro atoms. The van der Waals surface area contributed by atoms with Crippen LogP contribution in [0.2, 0.25) is 0 Å². The van der Waals surface area contributed by atoms with Crippen LogP contribution in [0.25, 0.3) is 0 Å². The Morgan fingerprint density at radius 2 is 2.19 bits per heavy atom. The molecule has 5 nitrogen and oxygen atoms in total. The summed E-state index contributed by atoms with van der Waals surface area (Å²) in [5.74, 6) is 0.00668. The van der Waals surface area contributed by atoms with Crippen LogP contribution in [-0.4, -0.2) is 17.8 Å². The second kappa shape index (κ2) is 3.59. The van der Waals surface area contributed by atoms with Gasteiger partial charge in [0.15, 0.2) is 11.5 Å². The highest BCUT2D eigenvalue weighted by molar-refractivity contribution is 6.03. The summed E-state index contributed by atoms with van der Waals surface area (Å²) in [5.41, 5.74) is 0.888. The van der Waals surface area contributed by atoms with Crippen LogP contribution in [0.5, 0.6) is 5.75 Å². The first-order valence-electron chi connectivity index (χ1n) is 4.94. The average molecular weight is 221 g/mol. The second-order valence-corrected chi connectivity index (χ2v) is 3.87. The second-order valence-electron chi connectivity index (χ2n) is 3.87. The molecule has 0 radical (unpaired) electrons. The van der Waals surface area contributed by atoms with Crippen molar-refractivity contribution in [2.45, 2.75) is 13.3 Å². The minimum Gasteiger partial charge on any atom is -0.490 e. The van der Waals surface area contributed by atoms with Gasteiger partial charge in [0, 0.05) is 17.0 Å². The number of fused-ring (bicyclic) bond motifs is 1. The number of Topliss-reactive ketones (excluding diaryl/α,β-unsaturated/α-hetero) is 1. The van der Waals surface area contributed by atoms with Gasteiger partial charge in [0.25, 0.3) is 0 Å². The van der Waals surface area contributed by atoms with E-state index < -0.39 is 4.92 Å². The van der Waals surface area contributed by atoms with Crippen molar-refractivity contribution in [3.63, 3.8) is 0 Å². The zero-order valence-electron chi connectivity index (χ0n) is 9.02. The van der Waals surface area contributed by atoms with E-state index in [-0.39, 0.29) is 23.1 Å². The summed E-state index contributed by atoms with van der Waals surface area (Å²) in [6.45, 7) is 1.78. The number of carbonyl (C=O) groups excluding carboxylic acids is 1. The number of carbonyl (C=O) groups is 1. The van der Waals surface area contributed by atoms with E-state index in [1.807, 2.05) is 0 Å². The summed E-state index contributed by atoms with van der Waals surface area (Å²) in [6, 6.07) is 3.08. The monoisotopic (exact) mass is 221 g/mol. The molecule has 0 heterocycles. The third kappa shape index (κ3) is 1.36. The van der Waals surface area contributed by atoms with Crippen molar-refractivity contribution in [1.82, 2.24) is 0 Å². The zero-order valence-corrected chi connectivity index (χ0v) is 9.02. The van der Waals surface area contributed by atoms with Gasteiger partial charge in [0.05, 0.1) is 12.0 Å². The third-order valence-corrected chi connectivity index (χ3v) is 2.87.